The van der Waals surface area contributed by atoms with Gasteiger partial charge in [0.2, 0.25) is 0 Å². The largest absolute Gasteiger partial charge is 0.491 e. The summed E-state index contributed by atoms with van der Waals surface area (Å²) in [5, 5.41) is 3.39. The van der Waals surface area contributed by atoms with E-state index in [2.05, 4.69) is 44.3 Å². The Labute approximate surface area is 162 Å². The maximum Gasteiger partial charge on any atom is 0.127 e. The lowest BCUT2D eigenvalue weighted by atomic mass is 10.0. The molecule has 1 N–H and O–H groups in total. The van der Waals surface area contributed by atoms with Crippen molar-refractivity contribution in [1.82, 2.24) is 0 Å². The van der Waals surface area contributed by atoms with Crippen LogP contribution in [0.25, 0.3) is 0 Å². The Bertz CT molecular complexity index is 842. The summed E-state index contributed by atoms with van der Waals surface area (Å²) < 4.78 is 11.8. The minimum absolute atomic E-state index is 0.450. The number of rotatable bonds is 8. The summed E-state index contributed by atoms with van der Waals surface area (Å²) in [4.78, 5) is 0. The second-order valence-electron chi connectivity index (χ2n) is 6.91. The predicted octanol–water partition coefficient (Wildman–Crippen LogP) is 6.40. The first-order chi connectivity index (χ1) is 13.1. The molecule has 0 unspecified atom stereocenters. The molecule has 3 heteroatoms. The van der Waals surface area contributed by atoms with E-state index in [-0.39, 0.29) is 0 Å². The van der Waals surface area contributed by atoms with Crippen molar-refractivity contribution in [2.24, 2.45) is 0 Å². The van der Waals surface area contributed by atoms with Crippen molar-refractivity contribution < 1.29 is 9.47 Å². The highest BCUT2D eigenvalue weighted by Crippen LogP contribution is 2.27. The van der Waals surface area contributed by atoms with Gasteiger partial charge in [-0.3, -0.25) is 0 Å². The number of nitrogens with one attached hydrogen (secondary N) is 1. The zero-order valence-electron chi connectivity index (χ0n) is 16.2. The maximum atomic E-state index is 6.02. The first-order valence-corrected chi connectivity index (χ1v) is 9.42. The molecule has 3 rings (SSSR count). The lowest BCUT2D eigenvalue weighted by molar-refractivity contribution is 0.328. The molecule has 0 aliphatic rings. The molecule has 0 spiro atoms. The third-order valence-corrected chi connectivity index (χ3v) is 4.31. The summed E-state index contributed by atoms with van der Waals surface area (Å²) in [6, 6.07) is 24.2. The molecule has 0 aliphatic heterocycles. The van der Waals surface area contributed by atoms with E-state index in [1.807, 2.05) is 54.6 Å². The van der Waals surface area contributed by atoms with E-state index in [1.165, 1.54) is 11.1 Å². The maximum absolute atomic E-state index is 6.02. The molecule has 0 fully saturated rings. The van der Waals surface area contributed by atoms with Crippen molar-refractivity contribution in [1.29, 1.82) is 0 Å². The summed E-state index contributed by atoms with van der Waals surface area (Å²) in [6.07, 6.45) is 0. The van der Waals surface area contributed by atoms with Crippen molar-refractivity contribution in [3.63, 3.8) is 0 Å². The van der Waals surface area contributed by atoms with Crippen molar-refractivity contribution in [2.45, 2.75) is 26.7 Å². The Balaban J connectivity index is 1.49. The highest BCUT2D eigenvalue weighted by atomic mass is 16.5. The van der Waals surface area contributed by atoms with Gasteiger partial charge in [-0.15, -0.1) is 0 Å². The highest BCUT2D eigenvalue weighted by molar-refractivity contribution is 5.47. The minimum atomic E-state index is 0.450. The van der Waals surface area contributed by atoms with Crippen LogP contribution >= 0.6 is 0 Å². The third-order valence-electron chi connectivity index (χ3n) is 4.31. The molecule has 27 heavy (non-hydrogen) atoms. The quantitative estimate of drug-likeness (QED) is 0.471. The molecule has 3 aromatic rings. The van der Waals surface area contributed by atoms with E-state index in [0.29, 0.717) is 12.5 Å². The fourth-order valence-corrected chi connectivity index (χ4v) is 2.87. The Morgan fingerprint density at radius 1 is 0.852 bits per heavy atom. The smallest absolute Gasteiger partial charge is 0.127 e. The standard InChI is InChI=1S/C24H27NO2/c1-18(2)23-14-9-19(3)17-24(23)26-16-15-25-20-10-12-22(13-11-20)27-21-7-5-4-6-8-21/h4-14,17-18,25H,15-16H2,1-3H3. The van der Waals surface area contributed by atoms with Gasteiger partial charge in [0.15, 0.2) is 0 Å². The van der Waals surface area contributed by atoms with Gasteiger partial charge in [0.05, 0.1) is 0 Å². The van der Waals surface area contributed by atoms with Gasteiger partial charge in [-0.1, -0.05) is 44.2 Å². The first kappa shape index (κ1) is 18.8. The summed E-state index contributed by atoms with van der Waals surface area (Å²) in [6.45, 7) is 7.83. The van der Waals surface area contributed by atoms with Gasteiger partial charge >= 0.3 is 0 Å². The van der Waals surface area contributed by atoms with E-state index in [9.17, 15) is 0 Å². The minimum Gasteiger partial charge on any atom is -0.491 e. The van der Waals surface area contributed by atoms with Crippen LogP contribution in [0.2, 0.25) is 0 Å². The van der Waals surface area contributed by atoms with Crippen LogP contribution in [-0.4, -0.2) is 13.2 Å². The molecule has 0 heterocycles. The van der Waals surface area contributed by atoms with Crippen LogP contribution < -0.4 is 14.8 Å². The van der Waals surface area contributed by atoms with E-state index < -0.39 is 0 Å². The van der Waals surface area contributed by atoms with Crippen molar-refractivity contribution >= 4 is 5.69 Å². The van der Waals surface area contributed by atoms with E-state index in [4.69, 9.17) is 9.47 Å². The Morgan fingerprint density at radius 2 is 1.56 bits per heavy atom. The van der Waals surface area contributed by atoms with Crippen LogP contribution in [0.15, 0.2) is 72.8 Å². The fourth-order valence-electron chi connectivity index (χ4n) is 2.87. The van der Waals surface area contributed by atoms with Gasteiger partial charge < -0.3 is 14.8 Å². The Hall–Kier alpha value is -2.94. The number of aryl methyl sites for hydroxylation is 1. The van der Waals surface area contributed by atoms with Crippen LogP contribution in [0.1, 0.15) is 30.9 Å². The van der Waals surface area contributed by atoms with Gasteiger partial charge in [0, 0.05) is 12.2 Å². The van der Waals surface area contributed by atoms with Crippen molar-refractivity contribution in [3.8, 4) is 17.2 Å². The summed E-state index contributed by atoms with van der Waals surface area (Å²) in [5.41, 5.74) is 3.52. The average Bonchev–Trinajstić information content (AvgIpc) is 2.67. The second-order valence-corrected chi connectivity index (χ2v) is 6.91. The van der Waals surface area contributed by atoms with Gasteiger partial charge in [-0.05, 0) is 66.4 Å². The van der Waals surface area contributed by atoms with Gasteiger partial charge in [-0.25, -0.2) is 0 Å². The van der Waals surface area contributed by atoms with Crippen molar-refractivity contribution in [3.05, 3.63) is 83.9 Å². The van der Waals surface area contributed by atoms with Crippen molar-refractivity contribution in [2.75, 3.05) is 18.5 Å². The zero-order chi connectivity index (χ0) is 19.1. The number of para-hydroxylation sites is 1. The van der Waals surface area contributed by atoms with E-state index in [0.717, 1.165) is 29.5 Å². The van der Waals surface area contributed by atoms with Gasteiger partial charge in [0.25, 0.3) is 0 Å². The monoisotopic (exact) mass is 361 g/mol. The Morgan fingerprint density at radius 3 is 2.26 bits per heavy atom. The molecule has 0 aromatic heterocycles. The molecule has 0 saturated heterocycles. The van der Waals surface area contributed by atoms with Crippen LogP contribution in [0.5, 0.6) is 17.2 Å². The normalized spacial score (nSPS) is 10.7. The van der Waals surface area contributed by atoms with E-state index >= 15 is 0 Å². The predicted molar refractivity (Wildman–Crippen MR) is 112 cm³/mol. The molecule has 0 aliphatic carbocycles. The molecule has 0 atom stereocenters. The van der Waals surface area contributed by atoms with Crippen LogP contribution in [-0.2, 0) is 0 Å². The molecule has 0 radical (unpaired) electrons. The summed E-state index contributed by atoms with van der Waals surface area (Å²) in [7, 11) is 0. The molecule has 0 bridgehead atoms. The molecule has 0 amide bonds. The zero-order valence-corrected chi connectivity index (χ0v) is 16.2. The summed E-state index contributed by atoms with van der Waals surface area (Å²) in [5.74, 6) is 3.10. The average molecular weight is 361 g/mol. The van der Waals surface area contributed by atoms with E-state index in [1.54, 1.807) is 0 Å². The van der Waals surface area contributed by atoms with Crippen LogP contribution in [0.4, 0.5) is 5.69 Å². The first-order valence-electron chi connectivity index (χ1n) is 9.42. The Kier molecular flexibility index (Phi) is 6.37. The van der Waals surface area contributed by atoms with Gasteiger partial charge in [-0.2, -0.15) is 0 Å². The molecule has 140 valence electrons. The molecular weight excluding hydrogens is 334 g/mol. The van der Waals surface area contributed by atoms with Gasteiger partial charge in [0.1, 0.15) is 23.9 Å². The topological polar surface area (TPSA) is 30.5 Å². The molecular formula is C24H27NO2. The SMILES string of the molecule is Cc1ccc(C(C)C)c(OCCNc2ccc(Oc3ccccc3)cc2)c1. The molecule has 0 saturated carbocycles. The molecule has 3 aromatic carbocycles. The summed E-state index contributed by atoms with van der Waals surface area (Å²) >= 11 is 0. The van der Waals surface area contributed by atoms with Crippen LogP contribution in [0, 0.1) is 6.92 Å². The lowest BCUT2D eigenvalue weighted by Gasteiger charge is -2.15. The number of ether oxygens (including phenoxy) is 2. The lowest BCUT2D eigenvalue weighted by Crippen LogP contribution is -2.12. The van der Waals surface area contributed by atoms with Crippen LogP contribution in [0.3, 0.4) is 0 Å². The highest BCUT2D eigenvalue weighted by Gasteiger charge is 2.08. The number of hydrogen-bond acceptors (Lipinski definition) is 3. The molecule has 3 nitrogen and oxygen atoms in total. The fraction of sp³-hybridized carbons (Fsp3) is 0.250. The second kappa shape index (κ2) is 9.13. The third kappa shape index (κ3) is 5.52. The number of anilines is 1. The number of benzene rings is 3. The number of hydrogen-bond donors (Lipinski definition) is 1.